The van der Waals surface area contributed by atoms with Gasteiger partial charge in [-0.1, -0.05) is 30.7 Å². The Morgan fingerprint density at radius 3 is 2.23 bits per heavy atom. The summed E-state index contributed by atoms with van der Waals surface area (Å²) in [5, 5.41) is 20.6. The average molecular weight is 423 g/mol. The van der Waals surface area contributed by atoms with Crippen molar-refractivity contribution < 1.29 is 29.3 Å². The Balaban J connectivity index is 2.54. The molecule has 2 aromatic carbocycles. The molecule has 0 saturated heterocycles. The minimum Gasteiger partial charge on any atom is -0.497 e. The Morgan fingerprint density at radius 2 is 1.71 bits per heavy atom. The average Bonchev–Trinajstić information content (AvgIpc) is 3.07. The lowest BCUT2D eigenvalue weighted by molar-refractivity contribution is -0.157. The molecule has 1 aromatic heterocycles. The van der Waals surface area contributed by atoms with E-state index < -0.39 is 23.1 Å². The lowest BCUT2D eigenvalue weighted by atomic mass is 9.75. The number of methoxy groups -OCH3 is 1. The third-order valence-corrected chi connectivity index (χ3v) is 5.77. The highest BCUT2D eigenvalue weighted by Crippen LogP contribution is 2.41. The number of hydrogen-bond acceptors (Lipinski definition) is 4. The normalized spacial score (nSPS) is 11.5. The van der Waals surface area contributed by atoms with E-state index in [1.54, 1.807) is 41.0 Å². The van der Waals surface area contributed by atoms with Crippen LogP contribution in [0.3, 0.4) is 0 Å². The quantitative estimate of drug-likeness (QED) is 0.419. The number of ether oxygens (including phenoxy) is 1. The maximum Gasteiger partial charge on any atom is 0.325 e. The van der Waals surface area contributed by atoms with E-state index in [2.05, 4.69) is 0 Å². The van der Waals surface area contributed by atoms with Gasteiger partial charge in [-0.25, -0.2) is 0 Å². The largest absolute Gasteiger partial charge is 0.497 e. The number of rotatable bonds is 8. The minimum absolute atomic E-state index is 0.0164. The van der Waals surface area contributed by atoms with E-state index in [-0.39, 0.29) is 17.7 Å². The Kier molecular flexibility index (Phi) is 5.88. The molecule has 0 fully saturated rings. The van der Waals surface area contributed by atoms with Gasteiger partial charge in [-0.3, -0.25) is 14.4 Å². The molecule has 7 nitrogen and oxygen atoms in total. The van der Waals surface area contributed by atoms with E-state index in [0.717, 1.165) is 5.56 Å². The summed E-state index contributed by atoms with van der Waals surface area (Å²) in [5.74, 6) is -3.01. The second-order valence-corrected chi connectivity index (χ2v) is 7.42. The number of aromatic nitrogens is 1. The van der Waals surface area contributed by atoms with Gasteiger partial charge in [0.05, 0.1) is 12.8 Å². The zero-order valence-electron chi connectivity index (χ0n) is 17.9. The Hall–Kier alpha value is -3.61. The molecule has 0 bridgehead atoms. The number of aryl methyl sites for hydroxylation is 2. The summed E-state index contributed by atoms with van der Waals surface area (Å²) in [6, 6.07) is 12.0. The topological polar surface area (TPSA) is 106 Å². The number of benzene rings is 2. The van der Waals surface area contributed by atoms with Gasteiger partial charge in [0, 0.05) is 28.6 Å². The minimum atomic E-state index is -2.29. The summed E-state index contributed by atoms with van der Waals surface area (Å²) in [6.45, 7) is 5.53. The first-order valence-corrected chi connectivity index (χ1v) is 10.0. The lowest BCUT2D eigenvalue weighted by Gasteiger charge is -2.25. The zero-order valence-corrected chi connectivity index (χ0v) is 17.9. The van der Waals surface area contributed by atoms with Crippen molar-refractivity contribution in [2.45, 2.75) is 39.2 Å². The number of carbonyl (C=O) groups is 3. The smallest absolute Gasteiger partial charge is 0.325 e. The van der Waals surface area contributed by atoms with Gasteiger partial charge in [0.15, 0.2) is 5.41 Å². The number of carboxylic acid groups (broad SMARTS) is 2. The number of fused-ring (bicyclic) bond motifs is 1. The first-order chi connectivity index (χ1) is 14.7. The van der Waals surface area contributed by atoms with Gasteiger partial charge < -0.3 is 19.5 Å². The summed E-state index contributed by atoms with van der Waals surface area (Å²) in [4.78, 5) is 38.5. The van der Waals surface area contributed by atoms with Gasteiger partial charge in [0.1, 0.15) is 5.75 Å². The van der Waals surface area contributed by atoms with Crippen molar-refractivity contribution in [3.05, 3.63) is 64.8 Å². The molecule has 3 aromatic rings. The predicted octanol–water partition coefficient (Wildman–Crippen LogP) is 4.03. The highest BCUT2D eigenvalue weighted by molar-refractivity contribution is 6.17. The Labute approximate surface area is 179 Å². The molecule has 0 atom stereocenters. The molecule has 0 unspecified atom stereocenters. The maximum atomic E-state index is 13.7. The van der Waals surface area contributed by atoms with Crippen LogP contribution in [0.25, 0.3) is 10.9 Å². The van der Waals surface area contributed by atoms with E-state index >= 15 is 0 Å². The number of ketones is 1. The van der Waals surface area contributed by atoms with Crippen molar-refractivity contribution in [1.82, 2.24) is 4.57 Å². The number of carbonyl (C=O) groups excluding carboxylic acids is 1. The van der Waals surface area contributed by atoms with Crippen LogP contribution in [0.15, 0.2) is 42.5 Å². The van der Waals surface area contributed by atoms with Crippen LogP contribution in [0.5, 0.6) is 5.75 Å². The monoisotopic (exact) mass is 423 g/mol. The second-order valence-electron chi connectivity index (χ2n) is 7.42. The molecule has 0 saturated carbocycles. The molecule has 0 spiro atoms. The molecule has 162 valence electrons. The van der Waals surface area contributed by atoms with Crippen LogP contribution in [-0.2, 0) is 21.5 Å². The maximum absolute atomic E-state index is 13.7. The van der Waals surface area contributed by atoms with Gasteiger partial charge >= 0.3 is 11.9 Å². The summed E-state index contributed by atoms with van der Waals surface area (Å²) in [5.41, 5.74) is -0.423. The Morgan fingerprint density at radius 1 is 1.03 bits per heavy atom. The van der Waals surface area contributed by atoms with Crippen molar-refractivity contribution in [1.29, 1.82) is 0 Å². The summed E-state index contributed by atoms with van der Waals surface area (Å²) < 4.78 is 6.98. The van der Waals surface area contributed by atoms with E-state index in [1.807, 2.05) is 19.9 Å². The van der Waals surface area contributed by atoms with Gasteiger partial charge in [-0.05, 0) is 44.5 Å². The van der Waals surface area contributed by atoms with Gasteiger partial charge in [-0.15, -0.1) is 0 Å². The van der Waals surface area contributed by atoms with Crippen LogP contribution in [0.4, 0.5) is 0 Å². The van der Waals surface area contributed by atoms with Gasteiger partial charge in [-0.2, -0.15) is 0 Å². The highest BCUT2D eigenvalue weighted by atomic mass is 16.5. The molecule has 0 aliphatic carbocycles. The first kappa shape index (κ1) is 22.1. The first-order valence-electron chi connectivity index (χ1n) is 10.0. The van der Waals surface area contributed by atoms with E-state index in [4.69, 9.17) is 4.74 Å². The highest BCUT2D eigenvalue weighted by Gasteiger charge is 2.51. The standard InChI is InChI=1S/C24H25NO6/c1-5-24(22(27)28,23(29)30)19-17-13-16(31-4)10-11-18(17)25(6-2)20(19)21(26)15-9-7-8-14(3)12-15/h7-13H,5-6H2,1-4H3,(H,27,28)(H,29,30). The molecule has 0 radical (unpaired) electrons. The molecule has 31 heavy (non-hydrogen) atoms. The van der Waals surface area contributed by atoms with Crippen LogP contribution in [0, 0.1) is 6.92 Å². The van der Waals surface area contributed by atoms with Crippen molar-refractivity contribution in [3.8, 4) is 5.75 Å². The van der Waals surface area contributed by atoms with Crippen LogP contribution in [-0.4, -0.2) is 39.6 Å². The summed E-state index contributed by atoms with van der Waals surface area (Å²) in [7, 11) is 1.47. The number of aliphatic carboxylic acids is 2. The fourth-order valence-electron chi connectivity index (χ4n) is 4.16. The molecule has 0 aliphatic heterocycles. The van der Waals surface area contributed by atoms with Crippen molar-refractivity contribution >= 4 is 28.6 Å². The molecule has 7 heteroatoms. The van der Waals surface area contributed by atoms with Crippen LogP contribution in [0.2, 0.25) is 0 Å². The molecule has 0 aliphatic rings. The number of carboxylic acids is 2. The summed E-state index contributed by atoms with van der Waals surface area (Å²) in [6.07, 6.45) is -0.230. The van der Waals surface area contributed by atoms with Crippen molar-refractivity contribution in [3.63, 3.8) is 0 Å². The molecule has 0 amide bonds. The predicted molar refractivity (Wildman–Crippen MR) is 116 cm³/mol. The molecular weight excluding hydrogens is 398 g/mol. The van der Waals surface area contributed by atoms with Gasteiger partial charge in [0.2, 0.25) is 5.78 Å². The van der Waals surface area contributed by atoms with Gasteiger partial charge in [0.25, 0.3) is 0 Å². The van der Waals surface area contributed by atoms with E-state index in [1.165, 1.54) is 14.0 Å². The molecule has 1 heterocycles. The molecular formula is C24H25NO6. The third-order valence-electron chi connectivity index (χ3n) is 5.77. The molecule has 2 N–H and O–H groups in total. The number of nitrogens with zero attached hydrogens (tertiary/aromatic N) is 1. The Bertz CT molecular complexity index is 1180. The van der Waals surface area contributed by atoms with Crippen molar-refractivity contribution in [2.75, 3.05) is 7.11 Å². The SMILES string of the molecule is CCn1c(C(=O)c2cccc(C)c2)c(C(CC)(C(=O)O)C(=O)O)c2cc(OC)ccc21. The summed E-state index contributed by atoms with van der Waals surface area (Å²) >= 11 is 0. The van der Waals surface area contributed by atoms with Crippen LogP contribution < -0.4 is 4.74 Å². The van der Waals surface area contributed by atoms with Crippen LogP contribution in [0.1, 0.15) is 47.4 Å². The third kappa shape index (κ3) is 3.36. The van der Waals surface area contributed by atoms with E-state index in [9.17, 15) is 24.6 Å². The number of hydrogen-bond donors (Lipinski definition) is 2. The van der Waals surface area contributed by atoms with Crippen molar-refractivity contribution in [2.24, 2.45) is 0 Å². The van der Waals surface area contributed by atoms with E-state index in [0.29, 0.717) is 28.8 Å². The fourth-order valence-corrected chi connectivity index (χ4v) is 4.16. The fraction of sp³-hybridized carbons (Fsp3) is 0.292. The van der Waals surface area contributed by atoms with Crippen LogP contribution >= 0.6 is 0 Å². The zero-order chi connectivity index (χ0) is 22.9. The second kappa shape index (κ2) is 8.26. The molecule has 3 rings (SSSR count). The lowest BCUT2D eigenvalue weighted by Crippen LogP contribution is -2.44.